The summed E-state index contributed by atoms with van der Waals surface area (Å²) in [6.07, 6.45) is 13.2. The maximum Gasteiger partial charge on any atom is 0.252 e. The number of aryl methyl sites for hydroxylation is 3. The van der Waals surface area contributed by atoms with E-state index in [1.54, 1.807) is 0 Å². The van der Waals surface area contributed by atoms with Gasteiger partial charge in [0.2, 0.25) is 0 Å². The van der Waals surface area contributed by atoms with Gasteiger partial charge in [-0.3, -0.25) is 0 Å². The first-order chi connectivity index (χ1) is 52.4. The minimum atomic E-state index is -0.664. The monoisotopic (exact) mass is 1420 g/mol. The lowest BCUT2D eigenvalue weighted by atomic mass is 9.33. The van der Waals surface area contributed by atoms with E-state index in [9.17, 15) is 0 Å². The second-order valence-corrected chi connectivity index (χ2v) is 34.9. The predicted octanol–water partition coefficient (Wildman–Crippen LogP) is 25.8. The molecule has 3 heterocycles. The van der Waals surface area contributed by atoms with E-state index in [1.165, 1.54) is 155 Å². The Morgan fingerprint density at radius 2 is 1.07 bits per heavy atom. The fraction of sp³-hybridized carbons (Fsp3) is 0.250. The molecule has 0 amide bonds. The first kappa shape index (κ1) is 71.1. The van der Waals surface area contributed by atoms with Crippen LogP contribution in [0.4, 0.5) is 39.8 Å². The number of anilines is 7. The molecule has 12 aromatic carbocycles. The molecule has 17 rings (SSSR count). The molecular formula is C104H103BN4. The molecule has 4 nitrogen and oxygen atoms in total. The zero-order valence-electron chi connectivity index (χ0n) is 66.9. The van der Waals surface area contributed by atoms with Gasteiger partial charge in [-0.2, -0.15) is 0 Å². The van der Waals surface area contributed by atoms with E-state index in [-0.39, 0.29) is 29.0 Å². The van der Waals surface area contributed by atoms with Crippen LogP contribution in [-0.4, -0.2) is 22.9 Å². The van der Waals surface area contributed by atoms with Crippen molar-refractivity contribution in [1.29, 1.82) is 0 Å². The Morgan fingerprint density at radius 1 is 0.495 bits per heavy atom. The summed E-state index contributed by atoms with van der Waals surface area (Å²) in [5.74, 6) is 0. The van der Waals surface area contributed by atoms with Crippen molar-refractivity contribution in [2.45, 2.75) is 170 Å². The zero-order valence-corrected chi connectivity index (χ0v) is 66.9. The highest BCUT2D eigenvalue weighted by molar-refractivity contribution is 7.00. The first-order valence-electron chi connectivity index (χ1n) is 40.1. The summed E-state index contributed by atoms with van der Waals surface area (Å²) in [5.41, 5.74) is 37.5. The molecule has 0 bridgehead atoms. The smallest absolute Gasteiger partial charge is 0.252 e. The molecule has 0 radical (unpaired) electrons. The van der Waals surface area contributed by atoms with Crippen LogP contribution in [-0.2, 0) is 34.5 Å². The second-order valence-electron chi connectivity index (χ2n) is 34.9. The maximum atomic E-state index is 4.63. The van der Waals surface area contributed by atoms with E-state index < -0.39 is 11.0 Å². The highest BCUT2D eigenvalue weighted by Crippen LogP contribution is 2.66. The largest absolute Gasteiger partial charge is 0.335 e. The molecule has 4 aliphatic rings. The number of hydrogen-bond acceptors (Lipinski definition) is 3. The first-order valence-corrected chi connectivity index (χ1v) is 40.1. The number of nitrogens with zero attached hydrogens (tertiary/aromatic N) is 4. The Balaban J connectivity index is 1.01. The van der Waals surface area contributed by atoms with E-state index in [0.29, 0.717) is 0 Å². The predicted molar refractivity (Wildman–Crippen MR) is 471 cm³/mol. The Labute approximate surface area is 648 Å². The van der Waals surface area contributed by atoms with E-state index >= 15 is 0 Å². The minimum Gasteiger partial charge on any atom is -0.335 e. The van der Waals surface area contributed by atoms with Gasteiger partial charge in [0.25, 0.3) is 6.71 Å². The quantitative estimate of drug-likeness (QED) is 0.0578. The molecule has 0 N–H and O–H groups in total. The van der Waals surface area contributed by atoms with Crippen LogP contribution in [0.25, 0.3) is 66.4 Å². The molecule has 0 fully saturated rings. The summed E-state index contributed by atoms with van der Waals surface area (Å²) in [6, 6.07) is 95.4. The normalized spacial score (nSPS) is 14.4. The SMILES string of the molecule is C=CC(C)(C)N(c1ccc2c(c1)N(c1cccc3c1C1(c4ccccc4-c4ccccc41)c1ccccc1-3)c1cc(-c3ccc(C(C)(C)C)cc3)cc3c1B2c1ccc(-n2c4ccc(CC)cc4c4cc(C(C)(C)C)ccc42)cc1N3C(C=C/C=C(\CC)c1ccccc1CC)CC)c1ccc(C(C)(C)C)cc1C. The molecule has 0 saturated heterocycles. The summed E-state index contributed by atoms with van der Waals surface area (Å²) < 4.78 is 2.57. The number of benzene rings is 12. The topological polar surface area (TPSA) is 14.7 Å². The average molecular weight is 1420 g/mol. The van der Waals surface area contributed by atoms with Gasteiger partial charge < -0.3 is 19.3 Å². The van der Waals surface area contributed by atoms with E-state index in [4.69, 9.17) is 0 Å². The van der Waals surface area contributed by atoms with Crippen LogP contribution in [0.3, 0.4) is 0 Å². The van der Waals surface area contributed by atoms with Crippen LogP contribution in [0, 0.1) is 6.92 Å². The van der Waals surface area contributed by atoms with Crippen LogP contribution in [0.5, 0.6) is 0 Å². The summed E-state index contributed by atoms with van der Waals surface area (Å²) in [6.45, 7) is 41.6. The van der Waals surface area contributed by atoms with Crippen LogP contribution in [0.1, 0.15) is 178 Å². The molecule has 1 atom stereocenters. The highest BCUT2D eigenvalue weighted by atomic mass is 15.2. The van der Waals surface area contributed by atoms with E-state index in [2.05, 4.69) is 404 Å². The third kappa shape index (κ3) is 11.3. The van der Waals surface area contributed by atoms with Gasteiger partial charge in [0.1, 0.15) is 0 Å². The van der Waals surface area contributed by atoms with Crippen LogP contribution in [0.2, 0.25) is 0 Å². The maximum absolute atomic E-state index is 4.63. The van der Waals surface area contributed by atoms with Crippen LogP contribution >= 0.6 is 0 Å². The van der Waals surface area contributed by atoms with Gasteiger partial charge in [-0.05, 0) is 246 Å². The average Bonchev–Trinajstić information content (AvgIpc) is 1.57. The molecular weight excluding hydrogens is 1320 g/mol. The lowest BCUT2D eigenvalue weighted by Gasteiger charge is -2.47. The molecule has 1 spiro atoms. The van der Waals surface area contributed by atoms with Gasteiger partial charge in [-0.1, -0.05) is 284 Å². The summed E-state index contributed by atoms with van der Waals surface area (Å²) in [5, 5.41) is 2.58. The number of hydrogen-bond donors (Lipinski definition) is 0. The van der Waals surface area contributed by atoms with Crippen molar-refractivity contribution in [2.24, 2.45) is 0 Å². The molecule has 2 aliphatic heterocycles. The molecule has 5 heteroatoms. The van der Waals surface area contributed by atoms with Gasteiger partial charge in [0, 0.05) is 56.1 Å². The van der Waals surface area contributed by atoms with Crippen molar-refractivity contribution in [3.05, 3.63) is 335 Å². The summed E-state index contributed by atoms with van der Waals surface area (Å²) in [4.78, 5) is 8.10. The van der Waals surface area contributed by atoms with Crippen molar-refractivity contribution >= 4 is 90.3 Å². The third-order valence-corrected chi connectivity index (χ3v) is 24.9. The van der Waals surface area contributed by atoms with Crippen molar-refractivity contribution in [1.82, 2.24) is 4.57 Å². The van der Waals surface area contributed by atoms with Crippen LogP contribution < -0.4 is 31.1 Å². The zero-order chi connectivity index (χ0) is 76.0. The van der Waals surface area contributed by atoms with Gasteiger partial charge in [0.05, 0.1) is 33.7 Å². The van der Waals surface area contributed by atoms with Gasteiger partial charge >= 0.3 is 0 Å². The second kappa shape index (κ2) is 26.5. The fourth-order valence-electron chi connectivity index (χ4n) is 19.1. The van der Waals surface area contributed by atoms with Crippen LogP contribution in [0.15, 0.2) is 274 Å². The number of aromatic nitrogens is 1. The van der Waals surface area contributed by atoms with E-state index in [0.717, 1.165) is 54.1 Å². The Hall–Kier alpha value is -10.9. The fourth-order valence-corrected chi connectivity index (χ4v) is 19.1. The number of allylic oxidation sites excluding steroid dienone is 3. The molecule has 109 heavy (non-hydrogen) atoms. The van der Waals surface area contributed by atoms with E-state index in [1.807, 2.05) is 0 Å². The summed E-state index contributed by atoms with van der Waals surface area (Å²) in [7, 11) is 0. The number of rotatable bonds is 15. The molecule has 2 aliphatic carbocycles. The molecule has 0 saturated carbocycles. The van der Waals surface area contributed by atoms with Crippen molar-refractivity contribution < 1.29 is 0 Å². The lowest BCUT2D eigenvalue weighted by Crippen LogP contribution is -2.62. The van der Waals surface area contributed by atoms with Gasteiger partial charge in [-0.25, -0.2) is 0 Å². The molecule has 542 valence electrons. The highest BCUT2D eigenvalue weighted by Gasteiger charge is 2.55. The molecule has 1 aromatic heterocycles. The Bertz CT molecular complexity index is 5840. The van der Waals surface area contributed by atoms with Crippen molar-refractivity contribution in [3.63, 3.8) is 0 Å². The number of fused-ring (bicyclic) bond motifs is 17. The Morgan fingerprint density at radius 3 is 1.71 bits per heavy atom. The van der Waals surface area contributed by atoms with Gasteiger partial charge in [0.15, 0.2) is 0 Å². The minimum absolute atomic E-state index is 0.0311. The Kier molecular flexibility index (Phi) is 17.3. The lowest BCUT2D eigenvalue weighted by molar-refractivity contribution is 0.588. The third-order valence-electron chi connectivity index (χ3n) is 24.9. The summed E-state index contributed by atoms with van der Waals surface area (Å²) >= 11 is 0. The standard InChI is InChI=1S/C104H103BN4/c1-18-67-45-56-91-83(60-67)84-63-74(102(13,14)15)51-58-92(84)107(91)76-52-54-88-94(64-76)106(75(21-4)35-31-34-69(20-3)78-36-24-23-33-68(78)19-2)96-61-71(70-46-48-72(49-47-70)100(7,8)9)62-97-99(96)105(88)89-55-53-77(109(103(16,17)22-5)90-57-50-73(59-66(90)6)101(10,11)12)65-95(89)108(97)93-44-32-40-82-81-39-27-30-43-87(81)104(98(82)93)85-41-28-25-37-79(85)80-38-26-29-42-86(80)104/h22-65,75H,5,18-21H2,1-4,6-17H3/b35-31?,69-34+. The molecule has 1 unspecified atom stereocenters. The molecule has 13 aromatic rings. The van der Waals surface area contributed by atoms with Crippen molar-refractivity contribution in [2.75, 3.05) is 14.7 Å². The van der Waals surface area contributed by atoms with Crippen molar-refractivity contribution in [3.8, 4) is 39.1 Å². The van der Waals surface area contributed by atoms with Gasteiger partial charge in [-0.15, -0.1) is 6.58 Å².